The predicted molar refractivity (Wildman–Crippen MR) is 82.2 cm³/mol. The molecule has 0 saturated heterocycles. The molecule has 1 heterocycles. The Labute approximate surface area is 136 Å². The molecule has 2 atom stereocenters. The highest BCUT2D eigenvalue weighted by atomic mass is 19.2. The minimum atomic E-state index is -1.24. The number of primary amides is 1. The van der Waals surface area contributed by atoms with Crippen LogP contribution in [0.25, 0.3) is 0 Å². The van der Waals surface area contributed by atoms with E-state index in [0.29, 0.717) is 0 Å². The Balaban J connectivity index is 2.13. The Morgan fingerprint density at radius 1 is 1.25 bits per heavy atom. The smallest absolute Gasteiger partial charge is 0.268 e. The van der Waals surface area contributed by atoms with Crippen molar-refractivity contribution in [2.45, 2.75) is 19.1 Å². The lowest BCUT2D eigenvalue weighted by Crippen LogP contribution is -2.37. The van der Waals surface area contributed by atoms with Crippen LogP contribution in [0.1, 0.15) is 39.4 Å². The van der Waals surface area contributed by atoms with Gasteiger partial charge in [-0.3, -0.25) is 9.59 Å². The highest BCUT2D eigenvalue weighted by molar-refractivity contribution is 5.98. The number of hydrogen-bond acceptors (Lipinski definition) is 3. The van der Waals surface area contributed by atoms with Crippen LogP contribution in [-0.2, 0) is 7.05 Å². The Bertz CT molecular complexity index is 789. The fourth-order valence-electron chi connectivity index (χ4n) is 2.27. The van der Waals surface area contributed by atoms with E-state index >= 15 is 0 Å². The van der Waals surface area contributed by atoms with Crippen LogP contribution in [0.2, 0.25) is 0 Å². The van der Waals surface area contributed by atoms with Gasteiger partial charge in [0.15, 0.2) is 11.6 Å². The van der Waals surface area contributed by atoms with Crippen molar-refractivity contribution in [1.82, 2.24) is 9.88 Å². The van der Waals surface area contributed by atoms with Gasteiger partial charge in [0.05, 0.1) is 17.7 Å². The van der Waals surface area contributed by atoms with Gasteiger partial charge in [-0.2, -0.15) is 0 Å². The minimum Gasteiger partial charge on any atom is -0.386 e. The van der Waals surface area contributed by atoms with Gasteiger partial charge in [0.25, 0.3) is 5.91 Å². The zero-order valence-corrected chi connectivity index (χ0v) is 13.1. The van der Waals surface area contributed by atoms with Gasteiger partial charge in [0.1, 0.15) is 5.69 Å². The van der Waals surface area contributed by atoms with Crippen molar-refractivity contribution < 1.29 is 23.5 Å². The third-order valence-corrected chi connectivity index (χ3v) is 3.64. The molecule has 0 spiro atoms. The topological polar surface area (TPSA) is 97.4 Å². The summed E-state index contributed by atoms with van der Waals surface area (Å²) < 4.78 is 27.6. The van der Waals surface area contributed by atoms with E-state index in [1.54, 1.807) is 7.05 Å². The fourth-order valence-corrected chi connectivity index (χ4v) is 2.27. The number of carbonyl (C=O) groups is 2. The molecular weight excluding hydrogens is 320 g/mol. The predicted octanol–water partition coefficient (Wildman–Crippen LogP) is 1.25. The number of nitrogens with two attached hydrogens (primary N) is 1. The molecule has 128 valence electrons. The van der Waals surface area contributed by atoms with Crippen molar-refractivity contribution >= 4 is 11.8 Å². The van der Waals surface area contributed by atoms with E-state index in [1.807, 2.05) is 0 Å². The molecule has 0 bridgehead atoms. The maximum Gasteiger partial charge on any atom is 0.268 e. The summed E-state index contributed by atoms with van der Waals surface area (Å²) in [5.74, 6) is -3.32. The first-order chi connectivity index (χ1) is 11.2. The van der Waals surface area contributed by atoms with Crippen LogP contribution >= 0.6 is 0 Å². The number of rotatable bonds is 5. The van der Waals surface area contributed by atoms with Crippen molar-refractivity contribution in [3.63, 3.8) is 0 Å². The van der Waals surface area contributed by atoms with Crippen LogP contribution in [0.3, 0.4) is 0 Å². The van der Waals surface area contributed by atoms with Crippen LogP contribution < -0.4 is 11.1 Å². The number of nitrogens with zero attached hydrogens (tertiary/aromatic N) is 1. The zero-order valence-electron chi connectivity index (χ0n) is 13.1. The number of aryl methyl sites for hydroxylation is 1. The Morgan fingerprint density at radius 2 is 1.92 bits per heavy atom. The number of amides is 2. The molecule has 0 aliphatic heterocycles. The van der Waals surface area contributed by atoms with Gasteiger partial charge in [-0.15, -0.1) is 0 Å². The van der Waals surface area contributed by atoms with Crippen molar-refractivity contribution in [3.8, 4) is 0 Å². The number of aromatic nitrogens is 1. The van der Waals surface area contributed by atoms with Crippen molar-refractivity contribution in [2.75, 3.05) is 0 Å². The number of carbonyl (C=O) groups excluding carboxylic acids is 2. The van der Waals surface area contributed by atoms with Crippen LogP contribution in [0.4, 0.5) is 8.78 Å². The molecule has 0 radical (unpaired) electrons. The lowest BCUT2D eigenvalue weighted by Gasteiger charge is -2.21. The number of halogens is 2. The first-order valence-corrected chi connectivity index (χ1v) is 7.10. The maximum atomic E-state index is 13.2. The first-order valence-electron chi connectivity index (χ1n) is 7.10. The second-order valence-electron chi connectivity index (χ2n) is 5.47. The van der Waals surface area contributed by atoms with Crippen LogP contribution in [-0.4, -0.2) is 27.5 Å². The quantitative estimate of drug-likeness (QED) is 0.766. The van der Waals surface area contributed by atoms with Gasteiger partial charge in [0.2, 0.25) is 5.91 Å². The Morgan fingerprint density at radius 3 is 2.46 bits per heavy atom. The summed E-state index contributed by atoms with van der Waals surface area (Å²) >= 11 is 0. The average Bonchev–Trinajstić information content (AvgIpc) is 2.91. The zero-order chi connectivity index (χ0) is 18.0. The average molecular weight is 337 g/mol. The van der Waals surface area contributed by atoms with E-state index in [1.165, 1.54) is 29.8 Å². The molecule has 1 aromatic heterocycles. The highest BCUT2D eigenvalue weighted by Gasteiger charge is 2.22. The van der Waals surface area contributed by atoms with Crippen molar-refractivity contribution in [3.05, 3.63) is 58.9 Å². The van der Waals surface area contributed by atoms with E-state index in [0.717, 1.165) is 12.1 Å². The lowest BCUT2D eigenvalue weighted by atomic mass is 10.0. The second kappa shape index (κ2) is 6.79. The fraction of sp³-hybridized carbons (Fsp3) is 0.250. The van der Waals surface area contributed by atoms with Crippen molar-refractivity contribution in [1.29, 1.82) is 0 Å². The molecule has 2 rings (SSSR count). The van der Waals surface area contributed by atoms with E-state index in [4.69, 9.17) is 5.73 Å². The molecule has 0 aliphatic carbocycles. The molecule has 2 amide bonds. The number of aliphatic hydroxyl groups is 1. The van der Waals surface area contributed by atoms with E-state index in [9.17, 15) is 23.5 Å². The number of benzene rings is 1. The summed E-state index contributed by atoms with van der Waals surface area (Å²) in [4.78, 5) is 23.4. The third-order valence-electron chi connectivity index (χ3n) is 3.64. The normalized spacial score (nSPS) is 13.4. The first kappa shape index (κ1) is 17.6. The van der Waals surface area contributed by atoms with Gasteiger partial charge < -0.3 is 20.7 Å². The summed E-state index contributed by atoms with van der Waals surface area (Å²) in [6.45, 7) is 1.52. The third kappa shape index (κ3) is 3.60. The van der Waals surface area contributed by atoms with Crippen LogP contribution in [0.5, 0.6) is 0 Å². The molecule has 0 saturated carbocycles. The number of aliphatic hydroxyl groups excluding tert-OH is 1. The molecule has 6 nitrogen and oxygen atoms in total. The molecule has 8 heteroatoms. The molecule has 24 heavy (non-hydrogen) atoms. The lowest BCUT2D eigenvalue weighted by molar-refractivity contribution is 0.0843. The summed E-state index contributed by atoms with van der Waals surface area (Å²) in [6, 6.07) is 3.55. The largest absolute Gasteiger partial charge is 0.386 e. The van der Waals surface area contributed by atoms with E-state index in [2.05, 4.69) is 5.32 Å². The second-order valence-corrected chi connectivity index (χ2v) is 5.47. The van der Waals surface area contributed by atoms with Gasteiger partial charge in [0, 0.05) is 13.2 Å². The Hall–Kier alpha value is -2.74. The summed E-state index contributed by atoms with van der Waals surface area (Å²) in [6.07, 6.45) is 0.174. The molecule has 0 fully saturated rings. The van der Waals surface area contributed by atoms with E-state index < -0.39 is 35.6 Å². The highest BCUT2D eigenvalue weighted by Crippen LogP contribution is 2.19. The minimum absolute atomic E-state index is 0.131. The van der Waals surface area contributed by atoms with Crippen molar-refractivity contribution in [2.24, 2.45) is 12.8 Å². The van der Waals surface area contributed by atoms with Gasteiger partial charge >= 0.3 is 0 Å². The molecular formula is C16H17F2N3O3. The molecule has 4 N–H and O–H groups in total. The summed E-state index contributed by atoms with van der Waals surface area (Å²) in [5, 5.41) is 12.7. The molecule has 2 aromatic rings. The van der Waals surface area contributed by atoms with E-state index in [-0.39, 0.29) is 16.8 Å². The summed E-state index contributed by atoms with van der Waals surface area (Å²) in [5.41, 5.74) is 5.64. The Kier molecular flexibility index (Phi) is 4.99. The van der Waals surface area contributed by atoms with Gasteiger partial charge in [-0.1, -0.05) is 6.07 Å². The van der Waals surface area contributed by atoms with Crippen LogP contribution in [0.15, 0.2) is 30.5 Å². The van der Waals surface area contributed by atoms with Gasteiger partial charge in [-0.05, 0) is 30.7 Å². The van der Waals surface area contributed by atoms with Gasteiger partial charge in [-0.25, -0.2) is 8.78 Å². The molecule has 1 aromatic carbocycles. The summed E-state index contributed by atoms with van der Waals surface area (Å²) in [7, 11) is 1.57. The standard InChI is InChI=1S/C16H17F2N3O3/c1-8(14(22)9-3-4-11(17)12(18)5-9)20-16(24)13-6-10(15(19)23)7-21(13)2/h3-8,14,22H,1-2H3,(H2,19,23)(H,20,24). The molecule has 0 aliphatic rings. The van der Waals surface area contributed by atoms with Crippen LogP contribution in [0, 0.1) is 11.6 Å². The SMILES string of the molecule is CC(NC(=O)c1cc(C(N)=O)cn1C)C(O)c1ccc(F)c(F)c1. The molecule has 2 unspecified atom stereocenters. The number of nitrogens with one attached hydrogen (secondary N) is 1. The maximum absolute atomic E-state index is 13.2. The monoisotopic (exact) mass is 337 g/mol. The number of hydrogen-bond donors (Lipinski definition) is 3.